The molecule has 1 N–H and O–H groups in total. The van der Waals surface area contributed by atoms with Crippen LogP contribution in [0.5, 0.6) is 0 Å². The lowest BCUT2D eigenvalue weighted by Crippen LogP contribution is -2.33. The Kier molecular flexibility index (Phi) is 7.39. The Morgan fingerprint density at radius 2 is 1.71 bits per heavy atom. The van der Waals surface area contributed by atoms with Crippen LogP contribution in [0.1, 0.15) is 5.56 Å². The summed E-state index contributed by atoms with van der Waals surface area (Å²) in [6.07, 6.45) is -2.68. The van der Waals surface area contributed by atoms with Gasteiger partial charge in [0.25, 0.3) is 0 Å². The van der Waals surface area contributed by atoms with Crippen LogP contribution >= 0.6 is 11.8 Å². The van der Waals surface area contributed by atoms with E-state index >= 15 is 0 Å². The van der Waals surface area contributed by atoms with Crippen LogP contribution in [0, 0.1) is 5.82 Å². The van der Waals surface area contributed by atoms with Crippen LogP contribution in [0.25, 0.3) is 28.0 Å². The summed E-state index contributed by atoms with van der Waals surface area (Å²) in [7, 11) is 1.89. The minimum Gasteiger partial charge on any atom is -0.351 e. The molecule has 1 aliphatic heterocycles. The van der Waals surface area contributed by atoms with Gasteiger partial charge in [0, 0.05) is 35.3 Å². The minimum atomic E-state index is -5.75. The molecule has 1 fully saturated rings. The van der Waals surface area contributed by atoms with Gasteiger partial charge in [-0.3, -0.25) is 9.69 Å². The van der Waals surface area contributed by atoms with Crippen LogP contribution in [0.3, 0.4) is 0 Å². The van der Waals surface area contributed by atoms with Gasteiger partial charge in [-0.05, 0) is 54.6 Å². The Morgan fingerprint density at radius 3 is 2.42 bits per heavy atom. The van der Waals surface area contributed by atoms with Crippen molar-refractivity contribution in [1.82, 2.24) is 19.3 Å². The largest absolute Gasteiger partial charge is 0.458 e. The van der Waals surface area contributed by atoms with Gasteiger partial charge in [-0.25, -0.2) is 18.9 Å². The highest BCUT2D eigenvalue weighted by Gasteiger charge is 2.58. The first-order valence-corrected chi connectivity index (χ1v) is 14.0. The lowest BCUT2D eigenvalue weighted by Gasteiger charge is -2.19. The number of urea groups is 1. The van der Waals surface area contributed by atoms with Gasteiger partial charge in [-0.15, -0.1) is 5.10 Å². The lowest BCUT2D eigenvalue weighted by atomic mass is 10.1. The molecule has 3 heterocycles. The molecule has 16 heteroatoms. The predicted octanol–water partition coefficient (Wildman–Crippen LogP) is 6.89. The molecule has 230 valence electrons. The fourth-order valence-electron chi connectivity index (χ4n) is 4.60. The molecule has 0 saturated carbocycles. The van der Waals surface area contributed by atoms with Crippen molar-refractivity contribution < 1.29 is 35.9 Å². The van der Waals surface area contributed by atoms with Crippen molar-refractivity contribution in [3.8, 4) is 17.1 Å². The maximum atomic E-state index is 15.0. The second-order valence-electron chi connectivity index (χ2n) is 9.84. The number of amidine groups is 1. The Bertz CT molecular complexity index is 1990. The number of nitrogens with one attached hydrogen (secondary N) is 1. The molecule has 0 bridgehead atoms. The van der Waals surface area contributed by atoms with Gasteiger partial charge in [0.1, 0.15) is 12.1 Å². The van der Waals surface area contributed by atoms with E-state index in [0.29, 0.717) is 17.8 Å². The van der Waals surface area contributed by atoms with Gasteiger partial charge >= 0.3 is 18.1 Å². The van der Waals surface area contributed by atoms with Crippen molar-refractivity contribution in [2.45, 2.75) is 12.1 Å². The molecule has 0 radical (unpaired) electrons. The van der Waals surface area contributed by atoms with E-state index in [1.807, 2.05) is 36.0 Å². The Balaban J connectivity index is 1.16. The summed E-state index contributed by atoms with van der Waals surface area (Å²) >= 11 is 1.07. The zero-order valence-corrected chi connectivity index (χ0v) is 23.7. The van der Waals surface area contributed by atoms with Crippen LogP contribution < -0.4 is 10.2 Å². The third kappa shape index (κ3) is 5.63. The maximum absolute atomic E-state index is 15.0. The standard InChI is InChI=1S/C29H19F6N7O2S/c1-40-11-10-16-12-20(7-9-23(16)40)42-24(43)14-45-27(42)38-26(44)37-22-8-2-17(13-21(22)30)25-36-15-41(39-25)19-5-3-18(4-6-19)28(31,32)29(33,34)35/h2-13,15H,14H2,1H3,(H,37,44). The number of aryl methyl sites for hydroxylation is 1. The summed E-state index contributed by atoms with van der Waals surface area (Å²) in [5, 5.41) is 7.52. The molecule has 0 unspecified atom stereocenters. The highest BCUT2D eigenvalue weighted by atomic mass is 32.2. The number of halogens is 6. The van der Waals surface area contributed by atoms with E-state index in [9.17, 15) is 35.9 Å². The number of amides is 3. The van der Waals surface area contributed by atoms with Crippen molar-refractivity contribution in [1.29, 1.82) is 0 Å². The molecule has 45 heavy (non-hydrogen) atoms. The first-order valence-electron chi connectivity index (χ1n) is 13.0. The topological polar surface area (TPSA) is 97.4 Å². The fraction of sp³-hybridized carbons (Fsp3) is 0.138. The third-order valence-corrected chi connectivity index (χ3v) is 7.82. The second kappa shape index (κ2) is 11.1. The number of hydrogen-bond donors (Lipinski definition) is 1. The number of aromatic nitrogens is 4. The molecule has 3 aromatic carbocycles. The molecule has 1 saturated heterocycles. The Hall–Kier alpha value is -5.12. The van der Waals surface area contributed by atoms with Gasteiger partial charge in [0.15, 0.2) is 11.0 Å². The monoisotopic (exact) mass is 643 g/mol. The molecule has 9 nitrogen and oxygen atoms in total. The SMILES string of the molecule is Cn1ccc2cc(N3C(=O)CSC3=NC(=O)Nc3ccc(-c4ncn(-c5ccc(C(F)(F)C(F)(F)F)cc5)n4)cc3F)ccc21. The van der Waals surface area contributed by atoms with E-state index in [1.165, 1.54) is 23.4 Å². The number of carbonyl (C=O) groups is 2. The lowest BCUT2D eigenvalue weighted by molar-refractivity contribution is -0.289. The van der Waals surface area contributed by atoms with Crippen LogP contribution in [0.15, 0.2) is 84.2 Å². The predicted molar refractivity (Wildman–Crippen MR) is 156 cm³/mol. The molecular weight excluding hydrogens is 624 g/mol. The molecule has 0 aliphatic carbocycles. The van der Waals surface area contributed by atoms with Gasteiger partial charge < -0.3 is 9.88 Å². The number of benzene rings is 3. The number of rotatable bonds is 5. The number of thioether (sulfide) groups is 1. The quantitative estimate of drug-likeness (QED) is 0.211. The van der Waals surface area contributed by atoms with Crippen LogP contribution in [-0.2, 0) is 17.8 Å². The summed E-state index contributed by atoms with van der Waals surface area (Å²) in [4.78, 5) is 34.7. The van der Waals surface area contributed by atoms with Crippen LogP contribution in [0.2, 0.25) is 0 Å². The van der Waals surface area contributed by atoms with Crippen molar-refractivity contribution in [3.63, 3.8) is 0 Å². The van der Waals surface area contributed by atoms with Gasteiger partial charge in [0.05, 0.1) is 22.8 Å². The van der Waals surface area contributed by atoms with Crippen molar-refractivity contribution in [3.05, 3.63) is 90.6 Å². The minimum absolute atomic E-state index is 0.0172. The summed E-state index contributed by atoms with van der Waals surface area (Å²) in [5.74, 6) is -6.05. The molecule has 3 amide bonds. The molecule has 6 rings (SSSR count). The van der Waals surface area contributed by atoms with Crippen LogP contribution in [0.4, 0.5) is 42.5 Å². The molecule has 5 aromatic rings. The number of alkyl halides is 5. The summed E-state index contributed by atoms with van der Waals surface area (Å²) in [6, 6.07) is 13.4. The maximum Gasteiger partial charge on any atom is 0.458 e. The molecule has 0 atom stereocenters. The highest BCUT2D eigenvalue weighted by molar-refractivity contribution is 8.15. The Labute approximate surface area is 254 Å². The van der Waals surface area contributed by atoms with Gasteiger partial charge in [-0.2, -0.15) is 26.9 Å². The Morgan fingerprint density at radius 1 is 0.978 bits per heavy atom. The molecule has 0 spiro atoms. The molecular formula is C29H19F6N7O2S. The zero-order valence-electron chi connectivity index (χ0n) is 22.9. The number of nitrogens with zero attached hydrogens (tertiary/aromatic N) is 6. The fourth-order valence-corrected chi connectivity index (χ4v) is 5.46. The summed E-state index contributed by atoms with van der Waals surface area (Å²) < 4.78 is 83.1. The van der Waals surface area contributed by atoms with E-state index < -0.39 is 29.5 Å². The van der Waals surface area contributed by atoms with Crippen molar-refractivity contribution >= 4 is 51.1 Å². The second-order valence-corrected chi connectivity index (χ2v) is 10.8. The highest BCUT2D eigenvalue weighted by Crippen LogP contribution is 2.43. The van der Waals surface area contributed by atoms with E-state index in [-0.39, 0.29) is 39.6 Å². The van der Waals surface area contributed by atoms with E-state index in [0.717, 1.165) is 45.5 Å². The number of anilines is 2. The van der Waals surface area contributed by atoms with E-state index in [2.05, 4.69) is 20.4 Å². The summed E-state index contributed by atoms with van der Waals surface area (Å²) in [6.45, 7) is 0. The average Bonchev–Trinajstić information content (AvgIpc) is 3.72. The number of fused-ring (bicyclic) bond motifs is 1. The van der Waals surface area contributed by atoms with Crippen LogP contribution in [-0.4, -0.2) is 48.4 Å². The van der Waals surface area contributed by atoms with E-state index in [1.54, 1.807) is 6.07 Å². The first kappa shape index (κ1) is 29.9. The van der Waals surface area contributed by atoms with Gasteiger partial charge in [-0.1, -0.05) is 23.9 Å². The third-order valence-electron chi connectivity index (χ3n) is 6.90. The summed E-state index contributed by atoms with van der Waals surface area (Å²) in [5.41, 5.74) is 0.382. The number of aliphatic imine (C=N–C) groups is 1. The first-order chi connectivity index (χ1) is 21.3. The smallest absolute Gasteiger partial charge is 0.351 e. The average molecular weight is 644 g/mol. The van der Waals surface area contributed by atoms with E-state index in [4.69, 9.17) is 0 Å². The normalized spacial score (nSPS) is 15.0. The number of carbonyl (C=O) groups excluding carboxylic acids is 2. The van der Waals surface area contributed by atoms with Crippen molar-refractivity contribution in [2.75, 3.05) is 16.0 Å². The molecule has 1 aliphatic rings. The van der Waals surface area contributed by atoms with Crippen molar-refractivity contribution in [2.24, 2.45) is 12.0 Å². The zero-order chi connectivity index (χ0) is 32.1. The number of hydrogen-bond acceptors (Lipinski definition) is 5. The molecule has 2 aromatic heterocycles. The van der Waals surface area contributed by atoms with Gasteiger partial charge in [0.2, 0.25) is 5.91 Å².